The van der Waals surface area contributed by atoms with E-state index >= 15 is 0 Å². The Morgan fingerprint density at radius 1 is 1.00 bits per heavy atom. The Kier molecular flexibility index (Phi) is 4.82. The summed E-state index contributed by atoms with van der Waals surface area (Å²) in [5, 5.41) is 31.7. The SMILES string of the molecule is CC1Cc2cc(/C(O)=C3/C(=O)C(=O)N(c4ccccc4O)C3c3cccc(O)c3)ccc2O1. The van der Waals surface area contributed by atoms with Gasteiger partial charge in [0.15, 0.2) is 0 Å². The predicted molar refractivity (Wildman–Crippen MR) is 121 cm³/mol. The summed E-state index contributed by atoms with van der Waals surface area (Å²) in [6.07, 6.45) is 0.676. The number of anilines is 1. The summed E-state index contributed by atoms with van der Waals surface area (Å²) in [5.74, 6) is -1.62. The van der Waals surface area contributed by atoms with Gasteiger partial charge in [0.25, 0.3) is 11.7 Å². The number of ether oxygens (including phenoxy) is 1. The van der Waals surface area contributed by atoms with Crippen LogP contribution in [0.25, 0.3) is 5.76 Å². The van der Waals surface area contributed by atoms with Crippen LogP contribution in [0.15, 0.2) is 72.3 Å². The highest BCUT2D eigenvalue weighted by atomic mass is 16.5. The molecular formula is C26H21NO6. The third-order valence-corrected chi connectivity index (χ3v) is 5.94. The number of carbonyl (C=O) groups is 2. The lowest BCUT2D eigenvalue weighted by molar-refractivity contribution is -0.132. The second kappa shape index (κ2) is 7.70. The lowest BCUT2D eigenvalue weighted by atomic mass is 9.94. The van der Waals surface area contributed by atoms with Gasteiger partial charge in [-0.25, -0.2) is 0 Å². The molecular weight excluding hydrogens is 422 g/mol. The maximum absolute atomic E-state index is 13.2. The van der Waals surface area contributed by atoms with E-state index in [0.29, 0.717) is 17.5 Å². The Hall–Kier alpha value is -4.26. The number of hydrogen-bond acceptors (Lipinski definition) is 6. The average molecular weight is 443 g/mol. The van der Waals surface area contributed by atoms with Crippen molar-refractivity contribution in [3.05, 3.63) is 89.0 Å². The van der Waals surface area contributed by atoms with Gasteiger partial charge in [-0.15, -0.1) is 0 Å². The zero-order chi connectivity index (χ0) is 23.3. The Labute approximate surface area is 189 Å². The number of Topliss-reactive ketones (excluding diaryl/α,β-unsaturated/α-hetero) is 1. The van der Waals surface area contributed by atoms with Crippen LogP contribution in [-0.2, 0) is 16.0 Å². The Balaban J connectivity index is 1.71. The minimum Gasteiger partial charge on any atom is -0.508 e. The highest BCUT2D eigenvalue weighted by Crippen LogP contribution is 2.45. The molecule has 0 spiro atoms. The van der Waals surface area contributed by atoms with Crippen LogP contribution in [0.4, 0.5) is 5.69 Å². The van der Waals surface area contributed by atoms with Crippen LogP contribution in [0.3, 0.4) is 0 Å². The molecule has 33 heavy (non-hydrogen) atoms. The Bertz CT molecular complexity index is 1330. The summed E-state index contributed by atoms with van der Waals surface area (Å²) in [6.45, 7) is 1.94. The van der Waals surface area contributed by atoms with Gasteiger partial charge in [0.2, 0.25) is 0 Å². The molecule has 0 saturated carbocycles. The van der Waals surface area contributed by atoms with Crippen LogP contribution in [0, 0.1) is 0 Å². The molecule has 2 heterocycles. The number of phenols is 2. The van der Waals surface area contributed by atoms with Crippen LogP contribution >= 0.6 is 0 Å². The summed E-state index contributed by atoms with van der Waals surface area (Å²) < 4.78 is 5.71. The largest absolute Gasteiger partial charge is 0.508 e. The van der Waals surface area contributed by atoms with Crippen LogP contribution in [0.2, 0.25) is 0 Å². The number of aromatic hydroxyl groups is 2. The van der Waals surface area contributed by atoms with E-state index in [4.69, 9.17) is 4.74 Å². The van der Waals surface area contributed by atoms with E-state index in [2.05, 4.69) is 0 Å². The van der Waals surface area contributed by atoms with E-state index in [1.807, 2.05) is 6.92 Å². The number of benzene rings is 3. The number of para-hydroxylation sites is 2. The molecule has 1 saturated heterocycles. The van der Waals surface area contributed by atoms with Crippen molar-refractivity contribution in [2.24, 2.45) is 0 Å². The van der Waals surface area contributed by atoms with E-state index in [-0.39, 0.29) is 34.6 Å². The van der Waals surface area contributed by atoms with E-state index in [0.717, 1.165) is 16.2 Å². The molecule has 1 amide bonds. The molecule has 2 atom stereocenters. The van der Waals surface area contributed by atoms with Crippen molar-refractivity contribution in [3.63, 3.8) is 0 Å². The third kappa shape index (κ3) is 3.38. The van der Waals surface area contributed by atoms with Gasteiger partial charge < -0.3 is 20.1 Å². The van der Waals surface area contributed by atoms with Crippen molar-refractivity contribution < 1.29 is 29.6 Å². The van der Waals surface area contributed by atoms with Crippen molar-refractivity contribution in [2.75, 3.05) is 4.90 Å². The second-order valence-electron chi connectivity index (χ2n) is 8.21. The van der Waals surface area contributed by atoms with Gasteiger partial charge in [-0.1, -0.05) is 24.3 Å². The maximum Gasteiger partial charge on any atom is 0.300 e. The van der Waals surface area contributed by atoms with Crippen molar-refractivity contribution in [2.45, 2.75) is 25.5 Å². The van der Waals surface area contributed by atoms with E-state index in [1.165, 1.54) is 24.3 Å². The molecule has 7 heteroatoms. The van der Waals surface area contributed by atoms with Gasteiger partial charge in [0.1, 0.15) is 29.1 Å². The fraction of sp³-hybridized carbons (Fsp3) is 0.154. The lowest BCUT2D eigenvalue weighted by Gasteiger charge is -2.26. The van der Waals surface area contributed by atoms with E-state index in [9.17, 15) is 24.9 Å². The van der Waals surface area contributed by atoms with Crippen molar-refractivity contribution in [3.8, 4) is 17.2 Å². The first-order valence-corrected chi connectivity index (χ1v) is 10.5. The molecule has 5 rings (SSSR count). The Morgan fingerprint density at radius 2 is 1.79 bits per heavy atom. The zero-order valence-electron chi connectivity index (χ0n) is 17.7. The van der Waals surface area contributed by atoms with Crippen molar-refractivity contribution in [1.29, 1.82) is 0 Å². The average Bonchev–Trinajstić information content (AvgIpc) is 3.29. The summed E-state index contributed by atoms with van der Waals surface area (Å²) >= 11 is 0. The number of aliphatic hydroxyl groups is 1. The van der Waals surface area contributed by atoms with Gasteiger partial charge >= 0.3 is 0 Å². The topological polar surface area (TPSA) is 107 Å². The fourth-order valence-electron chi connectivity index (χ4n) is 4.48. The molecule has 2 unspecified atom stereocenters. The summed E-state index contributed by atoms with van der Waals surface area (Å²) in [5.41, 5.74) is 1.70. The van der Waals surface area contributed by atoms with Crippen LogP contribution in [-0.4, -0.2) is 33.1 Å². The van der Waals surface area contributed by atoms with E-state index in [1.54, 1.807) is 42.5 Å². The number of aliphatic hydroxyl groups excluding tert-OH is 1. The standard InChI is InChI=1S/C26H21NO6/c1-14-11-17-12-16(9-10-21(17)33-14)24(30)22-23(15-5-4-6-18(28)13-15)27(26(32)25(22)31)19-7-2-3-8-20(19)29/h2-10,12-14,23,28-30H,11H2,1H3/b24-22-. The summed E-state index contributed by atoms with van der Waals surface area (Å²) in [6, 6.07) is 16.4. The Morgan fingerprint density at radius 3 is 2.55 bits per heavy atom. The first-order chi connectivity index (χ1) is 15.8. The number of hydrogen-bond donors (Lipinski definition) is 3. The molecule has 2 aliphatic heterocycles. The minimum absolute atomic E-state index is 0.0105. The number of nitrogens with zero attached hydrogens (tertiary/aromatic N) is 1. The number of phenolic OH excluding ortho intramolecular Hbond substituents is 2. The van der Waals surface area contributed by atoms with Gasteiger partial charge in [-0.2, -0.15) is 0 Å². The predicted octanol–water partition coefficient (Wildman–Crippen LogP) is 4.05. The number of fused-ring (bicyclic) bond motifs is 1. The molecule has 3 aromatic rings. The van der Waals surface area contributed by atoms with Crippen molar-refractivity contribution >= 4 is 23.1 Å². The second-order valence-corrected chi connectivity index (χ2v) is 8.21. The molecule has 0 aliphatic carbocycles. The van der Waals surface area contributed by atoms with Gasteiger partial charge in [0.05, 0.1) is 17.3 Å². The normalized spacial score (nSPS) is 21.2. The number of rotatable bonds is 3. The summed E-state index contributed by atoms with van der Waals surface area (Å²) in [4.78, 5) is 27.5. The molecule has 7 nitrogen and oxygen atoms in total. The number of carbonyl (C=O) groups excluding carboxylic acids is 2. The summed E-state index contributed by atoms with van der Waals surface area (Å²) in [7, 11) is 0. The fourth-order valence-corrected chi connectivity index (χ4v) is 4.48. The highest BCUT2D eigenvalue weighted by Gasteiger charge is 2.47. The molecule has 166 valence electrons. The molecule has 3 aromatic carbocycles. The van der Waals surface area contributed by atoms with Gasteiger partial charge in [-0.3, -0.25) is 14.5 Å². The van der Waals surface area contributed by atoms with Crippen LogP contribution in [0.1, 0.15) is 29.7 Å². The van der Waals surface area contributed by atoms with E-state index < -0.39 is 17.7 Å². The minimum atomic E-state index is -1.05. The lowest BCUT2D eigenvalue weighted by Crippen LogP contribution is -2.29. The molecule has 0 aromatic heterocycles. The van der Waals surface area contributed by atoms with Crippen molar-refractivity contribution in [1.82, 2.24) is 0 Å². The first-order valence-electron chi connectivity index (χ1n) is 10.5. The molecule has 0 radical (unpaired) electrons. The third-order valence-electron chi connectivity index (χ3n) is 5.94. The molecule has 2 aliphatic rings. The van der Waals surface area contributed by atoms with Gasteiger partial charge in [-0.05, 0) is 60.5 Å². The monoisotopic (exact) mass is 443 g/mol. The molecule has 0 bridgehead atoms. The maximum atomic E-state index is 13.2. The first kappa shape index (κ1) is 20.6. The number of amides is 1. The zero-order valence-corrected chi connectivity index (χ0v) is 17.7. The van der Waals surface area contributed by atoms with Gasteiger partial charge in [0, 0.05) is 12.0 Å². The molecule has 3 N–H and O–H groups in total. The quantitative estimate of drug-likeness (QED) is 0.320. The van der Waals surface area contributed by atoms with Crippen LogP contribution in [0.5, 0.6) is 17.2 Å². The molecule has 1 fully saturated rings. The number of ketones is 1. The highest BCUT2D eigenvalue weighted by molar-refractivity contribution is 6.51. The van der Waals surface area contributed by atoms with Crippen LogP contribution < -0.4 is 9.64 Å². The smallest absolute Gasteiger partial charge is 0.300 e.